The van der Waals surface area contributed by atoms with Crippen LogP contribution in [0.1, 0.15) is 79.4 Å². The van der Waals surface area contributed by atoms with E-state index >= 15 is 0 Å². The molecule has 0 aliphatic rings. The molecule has 2 rings (SSSR count). The highest BCUT2D eigenvalue weighted by molar-refractivity contribution is 4.96. The van der Waals surface area contributed by atoms with E-state index in [1.54, 1.807) is 0 Å². The summed E-state index contributed by atoms with van der Waals surface area (Å²) < 4.78 is 0. The Labute approximate surface area is 140 Å². The molecule has 22 heavy (non-hydrogen) atoms. The summed E-state index contributed by atoms with van der Waals surface area (Å²) in [6, 6.07) is 0. The van der Waals surface area contributed by atoms with Crippen molar-refractivity contribution in [2.45, 2.75) is 84.1 Å². The molecule has 0 aliphatic heterocycles. The van der Waals surface area contributed by atoms with Crippen molar-refractivity contribution < 1.29 is 0 Å². The van der Waals surface area contributed by atoms with Gasteiger partial charge in [-0.3, -0.25) is 0 Å². The van der Waals surface area contributed by atoms with Gasteiger partial charge in [-0.15, -0.1) is 0 Å². The maximum Gasteiger partial charge on any atom is 0.103 e. The minimum Gasteiger partial charge on any atom is -0.346 e. The Morgan fingerprint density at radius 1 is 0.591 bits per heavy atom. The van der Waals surface area contributed by atoms with Crippen LogP contribution in [0.5, 0.6) is 0 Å². The van der Waals surface area contributed by atoms with Crippen molar-refractivity contribution in [2.24, 2.45) is 0 Å². The van der Waals surface area contributed by atoms with Gasteiger partial charge in [-0.25, -0.2) is 9.97 Å². The van der Waals surface area contributed by atoms with E-state index in [0.29, 0.717) is 0 Å². The Kier molecular flexibility index (Phi) is 36.0. The average Bonchev–Trinajstić information content (AvgIpc) is 3.05. The highest BCUT2D eigenvalue weighted by atomic mass is 14.9. The first-order chi connectivity index (χ1) is 9.58. The fourth-order valence-corrected chi connectivity index (χ4v) is 1.09. The molecular formula is C18H42N4. The molecule has 0 saturated carbocycles. The van der Waals surface area contributed by atoms with Crippen molar-refractivity contribution in [3.05, 3.63) is 35.4 Å². The molecule has 2 aromatic heterocycles. The summed E-state index contributed by atoms with van der Waals surface area (Å²) >= 11 is 0. The van der Waals surface area contributed by atoms with Crippen LogP contribution in [0.25, 0.3) is 0 Å². The van der Waals surface area contributed by atoms with E-state index in [2.05, 4.69) is 19.9 Å². The normalized spacial score (nSPS) is 6.82. The number of aromatic nitrogens is 4. The van der Waals surface area contributed by atoms with Gasteiger partial charge < -0.3 is 9.97 Å². The zero-order valence-electron chi connectivity index (χ0n) is 15.0. The van der Waals surface area contributed by atoms with E-state index in [4.69, 9.17) is 0 Å². The van der Waals surface area contributed by atoms with Gasteiger partial charge in [0, 0.05) is 23.8 Å². The van der Waals surface area contributed by atoms with Crippen LogP contribution >= 0.6 is 0 Å². The lowest BCUT2D eigenvalue weighted by Gasteiger charge is -1.74. The van der Waals surface area contributed by atoms with Crippen LogP contribution < -0.4 is 0 Å². The highest BCUT2D eigenvalue weighted by Gasteiger charge is 1.84. The zero-order chi connectivity index (χ0) is 16.6. The second-order valence-corrected chi connectivity index (χ2v) is 3.30. The molecule has 0 atom stereocenters. The van der Waals surface area contributed by atoms with Crippen molar-refractivity contribution in [1.29, 1.82) is 0 Å². The van der Waals surface area contributed by atoms with E-state index in [1.165, 1.54) is 0 Å². The van der Waals surface area contributed by atoms with Crippen molar-refractivity contribution in [1.82, 2.24) is 19.9 Å². The second kappa shape index (κ2) is 24.4. The van der Waals surface area contributed by atoms with Crippen LogP contribution in [0.4, 0.5) is 0 Å². The Morgan fingerprint density at radius 3 is 0.864 bits per heavy atom. The Bertz CT molecular complexity index is 318. The van der Waals surface area contributed by atoms with Crippen LogP contribution in [-0.4, -0.2) is 19.9 Å². The van der Waals surface area contributed by atoms with Gasteiger partial charge in [0.25, 0.3) is 0 Å². The van der Waals surface area contributed by atoms with E-state index in [-0.39, 0.29) is 14.9 Å². The first kappa shape index (κ1) is 32.4. The molecule has 0 radical (unpaired) electrons. The van der Waals surface area contributed by atoms with Crippen molar-refractivity contribution in [3.63, 3.8) is 0 Å². The fourth-order valence-electron chi connectivity index (χ4n) is 1.09. The third-order valence-corrected chi connectivity index (χ3v) is 1.66. The number of aromatic amines is 2. The van der Waals surface area contributed by atoms with Crippen LogP contribution in [0.2, 0.25) is 0 Å². The number of hydrogen-bond donors (Lipinski definition) is 2. The number of hydrogen-bond acceptors (Lipinski definition) is 2. The number of nitrogens with zero attached hydrogens (tertiary/aromatic N) is 2. The molecule has 0 amide bonds. The molecule has 0 spiro atoms. The molecule has 2 aromatic rings. The van der Waals surface area contributed by atoms with E-state index in [0.717, 1.165) is 23.0 Å². The van der Waals surface area contributed by atoms with Gasteiger partial charge in [-0.05, 0) is 27.7 Å². The summed E-state index contributed by atoms with van der Waals surface area (Å²) in [5.41, 5.74) is 2.25. The maximum atomic E-state index is 3.96. The lowest BCUT2D eigenvalue weighted by Crippen LogP contribution is -1.70. The van der Waals surface area contributed by atoms with Crippen LogP contribution in [-0.2, 0) is 0 Å². The molecule has 2 N–H and O–H groups in total. The smallest absolute Gasteiger partial charge is 0.103 e. The first-order valence-electron chi connectivity index (χ1n) is 7.54. The molecule has 0 fully saturated rings. The Hall–Kier alpha value is -1.58. The fraction of sp³-hybridized carbons (Fsp3) is 0.667. The molecule has 0 saturated heterocycles. The molecule has 134 valence electrons. The van der Waals surface area contributed by atoms with Crippen LogP contribution in [0.15, 0.2) is 12.4 Å². The third-order valence-electron chi connectivity index (χ3n) is 1.66. The lowest BCUT2D eigenvalue weighted by molar-refractivity contribution is 1.13. The SMILES string of the molecule is C.C.CC.CC.CC.Cc1cnc(C)[nH]1.Cc1cnc(C)[nH]1. The van der Waals surface area contributed by atoms with E-state index in [9.17, 15) is 0 Å². The number of rotatable bonds is 0. The van der Waals surface area contributed by atoms with Crippen LogP contribution in [0, 0.1) is 27.7 Å². The summed E-state index contributed by atoms with van der Waals surface area (Å²) in [5, 5.41) is 0. The summed E-state index contributed by atoms with van der Waals surface area (Å²) in [6.45, 7) is 19.8. The molecule has 0 unspecified atom stereocenters. The quantitative estimate of drug-likeness (QED) is 0.590. The molecule has 0 aliphatic carbocycles. The van der Waals surface area contributed by atoms with Crippen LogP contribution in [0.3, 0.4) is 0 Å². The number of H-pyrrole nitrogens is 2. The minimum absolute atomic E-state index is 0. The van der Waals surface area contributed by atoms with Gasteiger partial charge in [0.1, 0.15) is 11.6 Å². The first-order valence-corrected chi connectivity index (χ1v) is 7.54. The summed E-state index contributed by atoms with van der Waals surface area (Å²) in [6.07, 6.45) is 3.63. The molecule has 0 aromatic carbocycles. The zero-order valence-corrected chi connectivity index (χ0v) is 15.0. The van der Waals surface area contributed by atoms with Crippen molar-refractivity contribution in [3.8, 4) is 0 Å². The molecule has 4 heteroatoms. The molecule has 4 nitrogen and oxygen atoms in total. The molecular weight excluding hydrogens is 272 g/mol. The Balaban J connectivity index is -0.0000000614. The van der Waals surface area contributed by atoms with Gasteiger partial charge in [-0.1, -0.05) is 56.4 Å². The van der Waals surface area contributed by atoms with Gasteiger partial charge in [0.15, 0.2) is 0 Å². The standard InChI is InChI=1S/2C5H8N2.3C2H6.2CH4/c2*1-4-3-6-5(2)7-4;3*1-2;;/h2*3H,1-2H3,(H,6,7);3*1-2H3;2*1H4. The Morgan fingerprint density at radius 2 is 0.818 bits per heavy atom. The average molecular weight is 315 g/mol. The van der Waals surface area contributed by atoms with E-state index in [1.807, 2.05) is 81.6 Å². The third kappa shape index (κ3) is 20.7. The summed E-state index contributed by atoms with van der Waals surface area (Å²) in [7, 11) is 0. The minimum atomic E-state index is 0. The van der Waals surface area contributed by atoms with Gasteiger partial charge in [-0.2, -0.15) is 0 Å². The molecule has 0 bridgehead atoms. The number of nitrogens with one attached hydrogen (secondary N) is 2. The topological polar surface area (TPSA) is 57.4 Å². The summed E-state index contributed by atoms with van der Waals surface area (Å²) in [4.78, 5) is 14.0. The predicted molar refractivity (Wildman–Crippen MR) is 104 cm³/mol. The van der Waals surface area contributed by atoms with E-state index < -0.39 is 0 Å². The van der Waals surface area contributed by atoms with Gasteiger partial charge in [0.05, 0.1) is 0 Å². The molecule has 2 heterocycles. The largest absolute Gasteiger partial charge is 0.346 e. The lowest BCUT2D eigenvalue weighted by atomic mass is 10.6. The number of imidazole rings is 2. The van der Waals surface area contributed by atoms with Gasteiger partial charge in [0.2, 0.25) is 0 Å². The predicted octanol–water partition coefficient (Wildman–Crippen LogP) is 6.40. The second-order valence-electron chi connectivity index (χ2n) is 3.30. The monoisotopic (exact) mass is 314 g/mol. The van der Waals surface area contributed by atoms with Crippen molar-refractivity contribution >= 4 is 0 Å². The number of aryl methyl sites for hydroxylation is 4. The van der Waals surface area contributed by atoms with Gasteiger partial charge >= 0.3 is 0 Å². The van der Waals surface area contributed by atoms with Crippen molar-refractivity contribution in [2.75, 3.05) is 0 Å². The highest BCUT2D eigenvalue weighted by Crippen LogP contribution is 1.90. The maximum absolute atomic E-state index is 3.96. The summed E-state index contributed by atoms with van der Waals surface area (Å²) in [5.74, 6) is 1.97.